The number of nitrogens with one attached hydrogen (secondary N) is 1. The van der Waals surface area contributed by atoms with Gasteiger partial charge in [-0.1, -0.05) is 37.3 Å². The van der Waals surface area contributed by atoms with Crippen molar-refractivity contribution in [3.63, 3.8) is 0 Å². The maximum atomic E-state index is 9.27. The molecular weight excluding hydrogens is 417 g/mol. The zero-order valence-corrected chi connectivity index (χ0v) is 16.2. The Labute approximate surface area is 157 Å². The molecular formula is C19H24INO3. The van der Waals surface area contributed by atoms with Gasteiger partial charge in [-0.05, 0) is 52.3 Å². The summed E-state index contributed by atoms with van der Waals surface area (Å²) in [5.41, 5.74) is 2.23. The molecule has 1 atom stereocenters. The molecule has 0 bridgehead atoms. The maximum absolute atomic E-state index is 9.27. The van der Waals surface area contributed by atoms with Crippen LogP contribution in [0.1, 0.15) is 24.5 Å². The molecule has 2 aromatic rings. The first-order valence-corrected chi connectivity index (χ1v) is 9.13. The van der Waals surface area contributed by atoms with Gasteiger partial charge in [-0.25, -0.2) is 0 Å². The molecule has 24 heavy (non-hydrogen) atoms. The summed E-state index contributed by atoms with van der Waals surface area (Å²) in [5.74, 6) is 1.49. The first-order chi connectivity index (χ1) is 11.7. The number of halogens is 1. The van der Waals surface area contributed by atoms with Crippen molar-refractivity contribution in [1.82, 2.24) is 5.32 Å². The van der Waals surface area contributed by atoms with Gasteiger partial charge in [0.2, 0.25) is 0 Å². The van der Waals surface area contributed by atoms with Crippen LogP contribution in [0.2, 0.25) is 0 Å². The summed E-state index contributed by atoms with van der Waals surface area (Å²) in [6, 6.07) is 14.3. The van der Waals surface area contributed by atoms with Gasteiger partial charge >= 0.3 is 0 Å². The van der Waals surface area contributed by atoms with E-state index < -0.39 is 0 Å². The summed E-state index contributed by atoms with van der Waals surface area (Å²) in [6.07, 6.45) is 0.892. The monoisotopic (exact) mass is 441 g/mol. The highest BCUT2D eigenvalue weighted by molar-refractivity contribution is 14.1. The maximum Gasteiger partial charge on any atom is 0.174 e. The highest BCUT2D eigenvalue weighted by Gasteiger charge is 2.13. The van der Waals surface area contributed by atoms with Crippen LogP contribution in [0.15, 0.2) is 42.5 Å². The van der Waals surface area contributed by atoms with Crippen LogP contribution in [0.3, 0.4) is 0 Å². The third-order valence-electron chi connectivity index (χ3n) is 3.82. The van der Waals surface area contributed by atoms with Crippen molar-refractivity contribution in [1.29, 1.82) is 0 Å². The summed E-state index contributed by atoms with van der Waals surface area (Å²) in [6.45, 7) is 3.39. The number of aliphatic hydroxyl groups is 1. The van der Waals surface area contributed by atoms with E-state index in [-0.39, 0.29) is 12.6 Å². The van der Waals surface area contributed by atoms with Gasteiger partial charge in [-0.2, -0.15) is 0 Å². The number of methoxy groups -OCH3 is 1. The molecule has 2 aromatic carbocycles. The fourth-order valence-electron chi connectivity index (χ4n) is 2.35. The number of hydrogen-bond donors (Lipinski definition) is 2. The topological polar surface area (TPSA) is 50.7 Å². The van der Waals surface area contributed by atoms with Crippen LogP contribution in [0.4, 0.5) is 0 Å². The molecule has 0 saturated heterocycles. The predicted octanol–water partition coefficient (Wildman–Crippen LogP) is 3.74. The van der Waals surface area contributed by atoms with Gasteiger partial charge in [0.15, 0.2) is 11.5 Å². The lowest BCUT2D eigenvalue weighted by atomic mass is 10.1. The molecule has 0 saturated carbocycles. The molecule has 5 heteroatoms. The van der Waals surface area contributed by atoms with Gasteiger partial charge in [-0.15, -0.1) is 0 Å². The first kappa shape index (κ1) is 19.0. The minimum Gasteiger partial charge on any atom is -0.493 e. The minimum atomic E-state index is 0.114. The van der Waals surface area contributed by atoms with E-state index in [1.807, 2.05) is 36.4 Å². The van der Waals surface area contributed by atoms with Crippen molar-refractivity contribution in [2.75, 3.05) is 13.7 Å². The fourth-order valence-corrected chi connectivity index (χ4v) is 3.17. The van der Waals surface area contributed by atoms with Gasteiger partial charge < -0.3 is 19.9 Å². The van der Waals surface area contributed by atoms with E-state index in [2.05, 4.69) is 40.9 Å². The van der Waals surface area contributed by atoms with Gasteiger partial charge in [0.25, 0.3) is 0 Å². The molecule has 0 aliphatic rings. The average molecular weight is 441 g/mol. The van der Waals surface area contributed by atoms with Crippen LogP contribution in [0, 0.1) is 3.57 Å². The summed E-state index contributed by atoms with van der Waals surface area (Å²) in [7, 11) is 1.65. The Morgan fingerprint density at radius 1 is 1.17 bits per heavy atom. The van der Waals surface area contributed by atoms with E-state index in [0.29, 0.717) is 13.2 Å². The lowest BCUT2D eigenvalue weighted by molar-refractivity contribution is 0.238. The predicted molar refractivity (Wildman–Crippen MR) is 104 cm³/mol. The zero-order valence-electron chi connectivity index (χ0n) is 14.1. The van der Waals surface area contributed by atoms with E-state index in [9.17, 15) is 5.11 Å². The molecule has 0 unspecified atom stereocenters. The molecule has 2 N–H and O–H groups in total. The highest BCUT2D eigenvalue weighted by Crippen LogP contribution is 2.34. The number of benzene rings is 2. The van der Waals surface area contributed by atoms with E-state index in [1.54, 1.807) is 7.11 Å². The summed E-state index contributed by atoms with van der Waals surface area (Å²) < 4.78 is 12.5. The molecule has 0 heterocycles. The first-order valence-electron chi connectivity index (χ1n) is 8.05. The fraction of sp³-hybridized carbons (Fsp3) is 0.368. The molecule has 130 valence electrons. The van der Waals surface area contributed by atoms with Gasteiger partial charge in [0.1, 0.15) is 6.61 Å². The van der Waals surface area contributed by atoms with Crippen LogP contribution in [0.5, 0.6) is 11.5 Å². The Balaban J connectivity index is 2.09. The second-order valence-corrected chi connectivity index (χ2v) is 6.71. The summed E-state index contributed by atoms with van der Waals surface area (Å²) in [5, 5.41) is 12.6. The second-order valence-electron chi connectivity index (χ2n) is 5.55. The molecule has 0 aliphatic carbocycles. The van der Waals surface area contributed by atoms with E-state index in [4.69, 9.17) is 9.47 Å². The third kappa shape index (κ3) is 5.36. The molecule has 0 radical (unpaired) electrons. The largest absolute Gasteiger partial charge is 0.493 e. The Hall–Kier alpha value is -1.31. The molecule has 4 nitrogen and oxygen atoms in total. The lowest BCUT2D eigenvalue weighted by Gasteiger charge is -2.17. The molecule has 0 aromatic heterocycles. The average Bonchev–Trinajstić information content (AvgIpc) is 2.62. The van der Waals surface area contributed by atoms with Crippen molar-refractivity contribution in [3.05, 3.63) is 57.2 Å². The molecule has 0 spiro atoms. The van der Waals surface area contributed by atoms with Gasteiger partial charge in [0.05, 0.1) is 17.3 Å². The Morgan fingerprint density at radius 3 is 2.54 bits per heavy atom. The molecule has 0 fully saturated rings. The number of hydrogen-bond acceptors (Lipinski definition) is 4. The van der Waals surface area contributed by atoms with Crippen LogP contribution >= 0.6 is 22.6 Å². The van der Waals surface area contributed by atoms with Crippen LogP contribution in [-0.2, 0) is 13.2 Å². The SMILES string of the molecule is CC[C@H](CO)NCc1cc(I)c(OCc2ccccc2)c(OC)c1. The van der Waals surface area contributed by atoms with Crippen molar-refractivity contribution < 1.29 is 14.6 Å². The zero-order chi connectivity index (χ0) is 17.4. The van der Waals surface area contributed by atoms with Crippen LogP contribution in [0.25, 0.3) is 0 Å². The van der Waals surface area contributed by atoms with Crippen LogP contribution < -0.4 is 14.8 Å². The normalized spacial score (nSPS) is 12.0. The molecule has 0 aliphatic heterocycles. The van der Waals surface area contributed by atoms with Crippen molar-refractivity contribution in [3.8, 4) is 11.5 Å². The number of rotatable bonds is 9. The lowest BCUT2D eigenvalue weighted by Crippen LogP contribution is -2.31. The van der Waals surface area contributed by atoms with E-state index in [1.165, 1.54) is 0 Å². The highest BCUT2D eigenvalue weighted by atomic mass is 127. The number of aliphatic hydroxyl groups excluding tert-OH is 1. The standard InChI is InChI=1S/C19H24INO3/c1-3-16(12-22)21-11-15-9-17(20)19(18(10-15)23-2)24-13-14-7-5-4-6-8-14/h4-10,16,21-22H,3,11-13H2,1-2H3/t16-/m1/s1. The number of ether oxygens (including phenoxy) is 2. The second kappa shape index (κ2) is 9.86. The third-order valence-corrected chi connectivity index (χ3v) is 4.62. The summed E-state index contributed by atoms with van der Waals surface area (Å²) in [4.78, 5) is 0. The van der Waals surface area contributed by atoms with E-state index in [0.717, 1.165) is 32.6 Å². The van der Waals surface area contributed by atoms with Crippen molar-refractivity contribution in [2.45, 2.75) is 32.5 Å². The Kier molecular flexibility index (Phi) is 7.81. The van der Waals surface area contributed by atoms with Gasteiger partial charge in [0, 0.05) is 12.6 Å². The Bertz CT molecular complexity index is 630. The smallest absolute Gasteiger partial charge is 0.174 e. The van der Waals surface area contributed by atoms with E-state index >= 15 is 0 Å². The minimum absolute atomic E-state index is 0.114. The van der Waals surface area contributed by atoms with Crippen LogP contribution in [-0.4, -0.2) is 24.9 Å². The summed E-state index contributed by atoms with van der Waals surface area (Å²) >= 11 is 2.27. The molecule has 0 amide bonds. The quantitative estimate of drug-likeness (QED) is 0.583. The van der Waals surface area contributed by atoms with Gasteiger partial charge in [-0.3, -0.25) is 0 Å². The van der Waals surface area contributed by atoms with Crippen molar-refractivity contribution >= 4 is 22.6 Å². The molecule has 2 rings (SSSR count). The van der Waals surface area contributed by atoms with Crippen molar-refractivity contribution in [2.24, 2.45) is 0 Å². The Morgan fingerprint density at radius 2 is 1.92 bits per heavy atom.